The number of nitrogens with two attached hydrogens (primary N) is 4. The summed E-state index contributed by atoms with van der Waals surface area (Å²) in [7, 11) is 0. The van der Waals surface area contributed by atoms with Gasteiger partial charge in [0.15, 0.2) is 5.96 Å². The first-order valence-electron chi connectivity index (χ1n) is 17.5. The van der Waals surface area contributed by atoms with Gasteiger partial charge in [-0.15, -0.1) is 0 Å². The number of amides is 5. The maximum Gasteiger partial charge on any atom is 0.326 e. The zero-order valence-corrected chi connectivity index (χ0v) is 31.1. The van der Waals surface area contributed by atoms with Crippen molar-refractivity contribution in [2.75, 3.05) is 31.6 Å². The van der Waals surface area contributed by atoms with Gasteiger partial charge >= 0.3 is 5.97 Å². The zero-order valence-electron chi connectivity index (χ0n) is 30.3. The topological polar surface area (TPSA) is 311 Å². The summed E-state index contributed by atoms with van der Waals surface area (Å²) < 4.78 is 0. The summed E-state index contributed by atoms with van der Waals surface area (Å²) in [5.74, 6) is -4.00. The van der Waals surface area contributed by atoms with Crippen molar-refractivity contribution in [1.82, 2.24) is 26.2 Å². The van der Waals surface area contributed by atoms with E-state index in [9.17, 15) is 39.0 Å². The molecule has 1 rings (SSSR count). The number of guanidine groups is 1. The molecule has 1 saturated heterocycles. The van der Waals surface area contributed by atoms with Crippen molar-refractivity contribution >= 4 is 53.2 Å². The number of thioether (sulfide) groups is 1. The van der Waals surface area contributed by atoms with Gasteiger partial charge in [0, 0.05) is 13.1 Å². The van der Waals surface area contributed by atoms with Crippen LogP contribution in [0.4, 0.5) is 0 Å². The second-order valence-corrected chi connectivity index (χ2v) is 14.2. The molecular formula is C32H60N10O8S. The minimum absolute atomic E-state index is 0.0522. The van der Waals surface area contributed by atoms with Crippen LogP contribution in [0.5, 0.6) is 0 Å². The predicted molar refractivity (Wildman–Crippen MR) is 195 cm³/mol. The SMILES string of the molecule is CSCCC(NC(=O)C(N)C(C)O)C(=O)NC(CC(C)C)C(=O)NC(CCCCN)C(=O)N1CCCC1C(=O)NC(CCCN=C(N)N)C(=O)O. The molecule has 292 valence electrons. The molecule has 0 radical (unpaired) electrons. The van der Waals surface area contributed by atoms with E-state index in [0.717, 1.165) is 0 Å². The molecule has 14 N–H and O–H groups in total. The van der Waals surface area contributed by atoms with Crippen molar-refractivity contribution in [1.29, 1.82) is 0 Å². The molecule has 0 aromatic rings. The first-order chi connectivity index (χ1) is 24.0. The van der Waals surface area contributed by atoms with Crippen molar-refractivity contribution in [2.45, 2.75) is 121 Å². The van der Waals surface area contributed by atoms with Gasteiger partial charge in [-0.05, 0) is 89.2 Å². The van der Waals surface area contributed by atoms with E-state index in [2.05, 4.69) is 26.3 Å². The lowest BCUT2D eigenvalue weighted by Crippen LogP contribution is -2.59. The van der Waals surface area contributed by atoms with E-state index < -0.39 is 77.9 Å². The van der Waals surface area contributed by atoms with Crippen LogP contribution in [0.3, 0.4) is 0 Å². The van der Waals surface area contributed by atoms with Crippen molar-refractivity contribution in [3.05, 3.63) is 0 Å². The molecule has 1 aliphatic heterocycles. The first kappa shape index (κ1) is 45.3. The van der Waals surface area contributed by atoms with E-state index in [1.54, 1.807) is 0 Å². The van der Waals surface area contributed by atoms with Crippen LogP contribution in [0.2, 0.25) is 0 Å². The molecule has 0 aromatic carbocycles. The number of carbonyl (C=O) groups excluding carboxylic acids is 5. The van der Waals surface area contributed by atoms with Crippen LogP contribution in [-0.2, 0) is 28.8 Å². The van der Waals surface area contributed by atoms with Crippen LogP contribution < -0.4 is 44.2 Å². The highest BCUT2D eigenvalue weighted by atomic mass is 32.2. The summed E-state index contributed by atoms with van der Waals surface area (Å²) in [6.45, 7) is 5.85. The molecule has 5 amide bonds. The minimum Gasteiger partial charge on any atom is -0.480 e. The van der Waals surface area contributed by atoms with Gasteiger partial charge in [0.25, 0.3) is 0 Å². The van der Waals surface area contributed by atoms with Gasteiger partial charge in [-0.3, -0.25) is 29.0 Å². The Labute approximate surface area is 304 Å². The number of nitrogens with zero attached hydrogens (tertiary/aromatic N) is 2. The Kier molecular flexibility index (Phi) is 21.1. The number of hydrogen-bond donors (Lipinski definition) is 10. The monoisotopic (exact) mass is 744 g/mol. The van der Waals surface area contributed by atoms with Gasteiger partial charge in [0.2, 0.25) is 29.5 Å². The molecule has 0 aliphatic carbocycles. The normalized spacial score (nSPS) is 17.7. The average Bonchev–Trinajstić information content (AvgIpc) is 3.56. The Morgan fingerprint density at radius 3 is 2.04 bits per heavy atom. The Balaban J connectivity index is 3.19. The van der Waals surface area contributed by atoms with Crippen LogP contribution >= 0.6 is 11.8 Å². The minimum atomic E-state index is -1.26. The van der Waals surface area contributed by atoms with E-state index in [1.165, 1.54) is 23.6 Å². The number of aliphatic hydroxyl groups is 1. The third-order valence-corrected chi connectivity index (χ3v) is 9.01. The van der Waals surface area contributed by atoms with Crippen LogP contribution in [0.25, 0.3) is 0 Å². The number of carboxylic acid groups (broad SMARTS) is 1. The number of aliphatic carboxylic acids is 1. The Morgan fingerprint density at radius 1 is 0.863 bits per heavy atom. The van der Waals surface area contributed by atoms with Gasteiger partial charge in [-0.1, -0.05) is 13.8 Å². The molecule has 0 bridgehead atoms. The highest BCUT2D eigenvalue weighted by molar-refractivity contribution is 7.98. The molecule has 1 fully saturated rings. The van der Waals surface area contributed by atoms with E-state index >= 15 is 0 Å². The molecular weight excluding hydrogens is 684 g/mol. The molecule has 7 atom stereocenters. The van der Waals surface area contributed by atoms with Gasteiger partial charge in [-0.2, -0.15) is 11.8 Å². The molecule has 1 heterocycles. The summed E-state index contributed by atoms with van der Waals surface area (Å²) in [4.78, 5) is 84.3. The highest BCUT2D eigenvalue weighted by Crippen LogP contribution is 2.21. The van der Waals surface area contributed by atoms with Crippen LogP contribution in [0, 0.1) is 5.92 Å². The number of carbonyl (C=O) groups is 6. The fourth-order valence-corrected chi connectivity index (χ4v) is 5.99. The number of aliphatic hydroxyl groups excluding tert-OH is 1. The van der Waals surface area contributed by atoms with Crippen molar-refractivity contribution in [3.8, 4) is 0 Å². The second kappa shape index (κ2) is 23.7. The summed E-state index contributed by atoms with van der Waals surface area (Å²) in [6.07, 6.45) is 3.56. The number of unbranched alkanes of at least 4 members (excludes halogenated alkanes) is 1. The van der Waals surface area contributed by atoms with Crippen molar-refractivity contribution < 1.29 is 39.0 Å². The lowest BCUT2D eigenvalue weighted by molar-refractivity contribution is -0.145. The maximum atomic E-state index is 14.0. The number of hydrogen-bond acceptors (Lipinski definition) is 11. The fourth-order valence-electron chi connectivity index (χ4n) is 5.52. The molecule has 0 aromatic heterocycles. The van der Waals surface area contributed by atoms with E-state index in [4.69, 9.17) is 22.9 Å². The largest absolute Gasteiger partial charge is 0.480 e. The molecule has 18 nitrogen and oxygen atoms in total. The van der Waals surface area contributed by atoms with Crippen LogP contribution in [0.1, 0.15) is 78.6 Å². The quantitative estimate of drug-likeness (QED) is 0.0283. The van der Waals surface area contributed by atoms with Crippen molar-refractivity contribution in [2.24, 2.45) is 33.8 Å². The van der Waals surface area contributed by atoms with Crippen LogP contribution in [0.15, 0.2) is 4.99 Å². The molecule has 19 heteroatoms. The number of carboxylic acids is 1. The summed E-state index contributed by atoms with van der Waals surface area (Å²) in [5.41, 5.74) is 22.1. The Bertz CT molecular complexity index is 1190. The Hall–Kier alpha value is -3.68. The number of aliphatic imine (C=N–C) groups is 1. The number of nitrogens with one attached hydrogen (secondary N) is 4. The molecule has 1 aliphatic rings. The third-order valence-electron chi connectivity index (χ3n) is 8.37. The van der Waals surface area contributed by atoms with E-state index in [1.807, 2.05) is 20.1 Å². The highest BCUT2D eigenvalue weighted by Gasteiger charge is 2.39. The predicted octanol–water partition coefficient (Wildman–Crippen LogP) is -2.31. The third kappa shape index (κ3) is 16.5. The van der Waals surface area contributed by atoms with Gasteiger partial charge in [0.1, 0.15) is 36.3 Å². The van der Waals surface area contributed by atoms with Crippen LogP contribution in [-0.4, -0.2) is 131 Å². The lowest BCUT2D eigenvalue weighted by atomic mass is 10.0. The summed E-state index contributed by atoms with van der Waals surface area (Å²) in [6, 6.07) is -6.61. The first-order valence-corrected chi connectivity index (χ1v) is 18.9. The zero-order chi connectivity index (χ0) is 38.7. The van der Waals surface area contributed by atoms with Crippen molar-refractivity contribution in [3.63, 3.8) is 0 Å². The Morgan fingerprint density at radius 2 is 1.47 bits per heavy atom. The van der Waals surface area contributed by atoms with Gasteiger partial charge < -0.3 is 59.3 Å². The summed E-state index contributed by atoms with van der Waals surface area (Å²) in [5, 5.41) is 30.1. The van der Waals surface area contributed by atoms with E-state index in [-0.39, 0.29) is 50.7 Å². The summed E-state index contributed by atoms with van der Waals surface area (Å²) >= 11 is 1.46. The molecule has 51 heavy (non-hydrogen) atoms. The fraction of sp³-hybridized carbons (Fsp3) is 0.781. The van der Waals surface area contributed by atoms with Gasteiger partial charge in [0.05, 0.1) is 6.10 Å². The molecule has 0 spiro atoms. The number of likely N-dealkylation sites (tertiary alicyclic amines) is 1. The van der Waals surface area contributed by atoms with Gasteiger partial charge in [-0.25, -0.2) is 4.79 Å². The number of rotatable bonds is 24. The molecule has 0 saturated carbocycles. The average molecular weight is 745 g/mol. The lowest BCUT2D eigenvalue weighted by Gasteiger charge is -2.31. The maximum absolute atomic E-state index is 14.0. The standard InChI is InChI=1S/C32H60N10O8S/c1-18(2)17-23(41-26(44)20(12-16-51-4)38-29(47)25(34)19(3)43)27(45)39-21(9-5-6-13-33)30(48)42-15-8-11-24(42)28(46)40-22(31(49)50)10-7-14-37-32(35)36/h18-25,43H,5-17,33-34H2,1-4H3,(H,38,47)(H,39,45)(H,40,46)(H,41,44)(H,49,50)(H4,35,36,37). The van der Waals surface area contributed by atoms with E-state index in [0.29, 0.717) is 44.4 Å². The smallest absolute Gasteiger partial charge is 0.326 e. The molecule has 7 unspecified atom stereocenters. The second-order valence-electron chi connectivity index (χ2n) is 13.2.